The third kappa shape index (κ3) is 3.87. The van der Waals surface area contributed by atoms with Crippen molar-refractivity contribution in [3.05, 3.63) is 57.7 Å². The molecule has 0 spiro atoms. The Bertz CT molecular complexity index is 495. The van der Waals surface area contributed by atoms with Crippen LogP contribution in [0.25, 0.3) is 0 Å². The maximum atomic E-state index is 11.5. The molecular formula is C14H15NO2. The molecule has 0 unspecified atom stereocenters. The smallest absolute Gasteiger partial charge is 0.220 e. The minimum atomic E-state index is 0.0440. The Kier molecular flexibility index (Phi) is 3.70. The Hall–Kier alpha value is -1.90. The van der Waals surface area contributed by atoms with Gasteiger partial charge in [0.2, 0.25) is 5.91 Å². The number of hydrogen-bond acceptors (Lipinski definition) is 2. The van der Waals surface area contributed by atoms with Crippen LogP contribution in [-0.2, 0) is 17.8 Å². The van der Waals surface area contributed by atoms with Crippen molar-refractivity contribution in [2.24, 2.45) is 0 Å². The molecule has 0 aliphatic rings. The van der Waals surface area contributed by atoms with Crippen molar-refractivity contribution in [2.45, 2.75) is 25.8 Å². The van der Waals surface area contributed by atoms with E-state index >= 15 is 0 Å². The molecule has 0 atom stereocenters. The Morgan fingerprint density at radius 3 is 2.53 bits per heavy atom. The Balaban J connectivity index is 1.62. The number of carbonyl (C=O) groups excluding carboxylic acids is 1. The van der Waals surface area contributed by atoms with Crippen molar-refractivity contribution in [1.29, 1.82) is 0 Å². The van der Waals surface area contributed by atoms with Crippen LogP contribution in [0.5, 0.6) is 0 Å². The summed E-state index contributed by atoms with van der Waals surface area (Å²) in [5.41, 5.74) is 2.12. The van der Waals surface area contributed by atoms with Gasteiger partial charge in [0.05, 0.1) is 0 Å². The lowest BCUT2D eigenvalue weighted by Gasteiger charge is -2.04. The first-order valence-electron chi connectivity index (χ1n) is 5.81. The van der Waals surface area contributed by atoms with Gasteiger partial charge in [0, 0.05) is 18.5 Å². The lowest BCUT2D eigenvalue weighted by molar-refractivity contribution is -0.121. The number of benzene rings is 1. The third-order valence-electron chi connectivity index (χ3n) is 2.72. The summed E-state index contributed by atoms with van der Waals surface area (Å²) in [7, 11) is 0. The SMILES string of the molecule is O=C(CCCc1cc1=O)NCc1ccccc1. The number of amides is 1. The maximum Gasteiger partial charge on any atom is 0.220 e. The van der Waals surface area contributed by atoms with Crippen LogP contribution in [0.3, 0.4) is 0 Å². The van der Waals surface area contributed by atoms with Gasteiger partial charge in [-0.15, -0.1) is 0 Å². The van der Waals surface area contributed by atoms with E-state index in [-0.39, 0.29) is 11.3 Å². The van der Waals surface area contributed by atoms with Gasteiger partial charge in [-0.05, 0) is 24.5 Å². The van der Waals surface area contributed by atoms with Crippen LogP contribution >= 0.6 is 0 Å². The van der Waals surface area contributed by atoms with Crippen LogP contribution in [0.2, 0.25) is 0 Å². The van der Waals surface area contributed by atoms with E-state index in [1.165, 1.54) is 0 Å². The van der Waals surface area contributed by atoms with E-state index in [0.29, 0.717) is 13.0 Å². The first-order chi connectivity index (χ1) is 8.25. The van der Waals surface area contributed by atoms with Gasteiger partial charge in [-0.25, -0.2) is 0 Å². The topological polar surface area (TPSA) is 46.2 Å². The zero-order chi connectivity index (χ0) is 12.1. The molecule has 0 aliphatic heterocycles. The van der Waals surface area contributed by atoms with Gasteiger partial charge in [0.25, 0.3) is 0 Å². The summed E-state index contributed by atoms with van der Waals surface area (Å²) in [6, 6.07) is 11.4. The van der Waals surface area contributed by atoms with Crippen LogP contribution < -0.4 is 10.7 Å². The molecule has 1 N–H and O–H groups in total. The van der Waals surface area contributed by atoms with Gasteiger partial charge in [0.15, 0.2) is 5.43 Å². The summed E-state index contributed by atoms with van der Waals surface area (Å²) in [6.45, 7) is 0.571. The lowest BCUT2D eigenvalue weighted by Crippen LogP contribution is -2.22. The molecule has 0 heterocycles. The van der Waals surface area contributed by atoms with Crippen molar-refractivity contribution in [3.63, 3.8) is 0 Å². The monoisotopic (exact) mass is 229 g/mol. The second kappa shape index (κ2) is 5.43. The van der Waals surface area contributed by atoms with Crippen LogP contribution in [-0.4, -0.2) is 5.91 Å². The first kappa shape index (κ1) is 11.6. The molecule has 0 bridgehead atoms. The van der Waals surface area contributed by atoms with E-state index in [2.05, 4.69) is 5.32 Å². The standard InChI is InChI=1S/C14H15NO2/c16-13-9-12(13)7-4-8-14(17)15-10-11-5-2-1-3-6-11/h1-3,5-6,9H,4,7-8,10H2,(H,15,17). The van der Waals surface area contributed by atoms with E-state index in [0.717, 1.165) is 24.0 Å². The second-order valence-corrected chi connectivity index (χ2v) is 4.15. The third-order valence-corrected chi connectivity index (χ3v) is 2.72. The molecule has 0 radical (unpaired) electrons. The average molecular weight is 229 g/mol. The molecule has 3 heteroatoms. The zero-order valence-corrected chi connectivity index (χ0v) is 9.61. The molecule has 0 fully saturated rings. The molecule has 0 aliphatic carbocycles. The average Bonchev–Trinajstić information content (AvgIpc) is 3.04. The molecule has 88 valence electrons. The highest BCUT2D eigenvalue weighted by Crippen LogP contribution is 2.03. The van der Waals surface area contributed by atoms with Crippen molar-refractivity contribution < 1.29 is 4.79 Å². The van der Waals surface area contributed by atoms with Crippen molar-refractivity contribution in [3.8, 4) is 0 Å². The molecule has 3 nitrogen and oxygen atoms in total. The van der Waals surface area contributed by atoms with Crippen molar-refractivity contribution >= 4 is 5.91 Å². The maximum absolute atomic E-state index is 11.5. The van der Waals surface area contributed by atoms with E-state index in [4.69, 9.17) is 0 Å². The Labute approximate surface area is 100 Å². The lowest BCUT2D eigenvalue weighted by atomic mass is 10.2. The molecule has 1 amide bonds. The van der Waals surface area contributed by atoms with Crippen LogP contribution in [0.15, 0.2) is 41.2 Å². The van der Waals surface area contributed by atoms with E-state index in [1.807, 2.05) is 30.3 Å². The molecule has 2 aromatic rings. The van der Waals surface area contributed by atoms with Gasteiger partial charge in [0.1, 0.15) is 0 Å². The minimum absolute atomic E-state index is 0.0440. The van der Waals surface area contributed by atoms with Gasteiger partial charge >= 0.3 is 0 Å². The zero-order valence-electron chi connectivity index (χ0n) is 9.61. The number of nitrogens with one attached hydrogen (secondary N) is 1. The van der Waals surface area contributed by atoms with Gasteiger partial charge < -0.3 is 5.32 Å². The number of aryl methyl sites for hydroxylation is 1. The second-order valence-electron chi connectivity index (χ2n) is 4.15. The Morgan fingerprint density at radius 2 is 1.88 bits per heavy atom. The van der Waals surface area contributed by atoms with Gasteiger partial charge in [-0.1, -0.05) is 30.3 Å². The fourth-order valence-electron chi connectivity index (χ4n) is 1.64. The number of rotatable bonds is 6. The summed E-state index contributed by atoms with van der Waals surface area (Å²) in [6.07, 6.45) is 1.97. The molecule has 17 heavy (non-hydrogen) atoms. The summed E-state index contributed by atoms with van der Waals surface area (Å²) < 4.78 is 0. The minimum Gasteiger partial charge on any atom is -0.352 e. The molecule has 0 saturated heterocycles. The van der Waals surface area contributed by atoms with E-state index < -0.39 is 0 Å². The molecule has 0 saturated carbocycles. The van der Waals surface area contributed by atoms with E-state index in [1.54, 1.807) is 6.07 Å². The van der Waals surface area contributed by atoms with Crippen LogP contribution in [0.1, 0.15) is 24.0 Å². The van der Waals surface area contributed by atoms with Gasteiger partial charge in [-0.2, -0.15) is 0 Å². The van der Waals surface area contributed by atoms with E-state index in [9.17, 15) is 9.59 Å². The quantitative estimate of drug-likeness (QED) is 0.817. The van der Waals surface area contributed by atoms with Crippen molar-refractivity contribution in [1.82, 2.24) is 5.32 Å². The molecule has 0 aromatic heterocycles. The molecule has 2 rings (SSSR count). The first-order valence-corrected chi connectivity index (χ1v) is 5.81. The highest BCUT2D eigenvalue weighted by atomic mass is 16.1. The van der Waals surface area contributed by atoms with Gasteiger partial charge in [-0.3, -0.25) is 9.59 Å². The number of hydrogen-bond donors (Lipinski definition) is 1. The summed E-state index contributed by atoms with van der Waals surface area (Å²) in [5, 5.41) is 2.86. The Morgan fingerprint density at radius 1 is 1.18 bits per heavy atom. The summed E-state index contributed by atoms with van der Waals surface area (Å²) in [5.74, 6) is 0.0440. The molecular weight excluding hydrogens is 214 g/mol. The highest BCUT2D eigenvalue weighted by molar-refractivity contribution is 5.75. The predicted octanol–water partition coefficient (Wildman–Crippen LogP) is 1.56. The highest BCUT2D eigenvalue weighted by Gasteiger charge is 2.08. The fraction of sp³-hybridized carbons (Fsp3) is 0.286. The largest absolute Gasteiger partial charge is 0.352 e. The fourth-order valence-corrected chi connectivity index (χ4v) is 1.64. The van der Waals surface area contributed by atoms with Crippen LogP contribution in [0, 0.1) is 0 Å². The predicted molar refractivity (Wildman–Crippen MR) is 66.3 cm³/mol. The van der Waals surface area contributed by atoms with Crippen LogP contribution in [0.4, 0.5) is 0 Å². The summed E-state index contributed by atoms with van der Waals surface area (Å²) >= 11 is 0. The summed E-state index contributed by atoms with van der Waals surface area (Å²) in [4.78, 5) is 22.2. The number of carbonyl (C=O) groups is 1. The van der Waals surface area contributed by atoms with Crippen molar-refractivity contribution in [2.75, 3.05) is 0 Å². The normalized spacial score (nSPS) is 10.6. The molecule has 2 aromatic carbocycles.